The van der Waals surface area contributed by atoms with Crippen LogP contribution in [-0.2, 0) is 0 Å². The molecule has 0 saturated heterocycles. The van der Waals surface area contributed by atoms with E-state index in [0.717, 1.165) is 0 Å². The van der Waals surface area contributed by atoms with Crippen LogP contribution in [0, 0.1) is 17.0 Å². The lowest BCUT2D eigenvalue weighted by molar-refractivity contribution is -0.386. The van der Waals surface area contributed by atoms with Crippen LogP contribution in [0.3, 0.4) is 0 Å². The Balaban J connectivity index is 2.78. The zero-order valence-corrected chi connectivity index (χ0v) is 11.7. The minimum Gasteiger partial charge on any atom is -0.260 e. The number of nitro groups is 1. The molecule has 6 nitrogen and oxygen atoms in total. The van der Waals surface area contributed by atoms with Crippen molar-refractivity contribution in [3.8, 4) is 5.69 Å². The average Bonchev–Trinajstić information content (AvgIpc) is 2.52. The molecule has 1 aromatic heterocycles. The molecule has 0 amide bonds. The van der Waals surface area contributed by atoms with Crippen LogP contribution < -0.4 is 5.56 Å². The van der Waals surface area contributed by atoms with Crippen LogP contribution in [0.25, 0.3) is 5.69 Å². The van der Waals surface area contributed by atoms with Gasteiger partial charge in [-0.1, -0.05) is 34.8 Å². The van der Waals surface area contributed by atoms with Gasteiger partial charge in [0, 0.05) is 5.02 Å². The second-order valence-corrected chi connectivity index (χ2v) is 4.94. The Hall–Kier alpha value is -1.50. The third-order valence-electron chi connectivity index (χ3n) is 2.49. The van der Waals surface area contributed by atoms with Gasteiger partial charge in [-0.3, -0.25) is 20.0 Å². The molecule has 0 fully saturated rings. The van der Waals surface area contributed by atoms with Crippen LogP contribution in [0.5, 0.6) is 0 Å². The van der Waals surface area contributed by atoms with Crippen molar-refractivity contribution in [1.29, 1.82) is 0 Å². The summed E-state index contributed by atoms with van der Waals surface area (Å²) in [5.74, 6) is 0. The lowest BCUT2D eigenvalue weighted by Crippen LogP contribution is -2.07. The molecule has 2 aromatic rings. The van der Waals surface area contributed by atoms with E-state index in [9.17, 15) is 14.9 Å². The number of aromatic amines is 1. The van der Waals surface area contributed by atoms with Gasteiger partial charge in [-0.05, 0) is 19.1 Å². The van der Waals surface area contributed by atoms with Crippen LogP contribution in [0.2, 0.25) is 15.1 Å². The molecule has 0 bridgehead atoms. The lowest BCUT2D eigenvalue weighted by Gasteiger charge is -2.09. The Morgan fingerprint density at radius 3 is 2.21 bits per heavy atom. The number of nitrogens with zero attached hydrogens (tertiary/aromatic N) is 2. The van der Waals surface area contributed by atoms with Gasteiger partial charge < -0.3 is 0 Å². The fourth-order valence-corrected chi connectivity index (χ4v) is 2.68. The van der Waals surface area contributed by atoms with E-state index in [1.54, 1.807) is 0 Å². The summed E-state index contributed by atoms with van der Waals surface area (Å²) in [7, 11) is 0. The normalized spacial score (nSPS) is 10.7. The second kappa shape index (κ2) is 4.88. The number of rotatable bonds is 2. The maximum atomic E-state index is 11.5. The maximum Gasteiger partial charge on any atom is 0.356 e. The zero-order valence-electron chi connectivity index (χ0n) is 9.41. The first-order chi connectivity index (χ1) is 8.82. The average molecular weight is 323 g/mol. The third-order valence-corrected chi connectivity index (χ3v) is 3.29. The molecule has 1 heterocycles. The van der Waals surface area contributed by atoms with Gasteiger partial charge in [0.05, 0.1) is 15.0 Å². The highest BCUT2D eigenvalue weighted by Crippen LogP contribution is 2.33. The molecule has 0 atom stereocenters. The Morgan fingerprint density at radius 2 is 1.79 bits per heavy atom. The smallest absolute Gasteiger partial charge is 0.260 e. The summed E-state index contributed by atoms with van der Waals surface area (Å²) >= 11 is 17.8. The quantitative estimate of drug-likeness (QED) is 0.680. The number of hydrogen-bond donors (Lipinski definition) is 1. The van der Waals surface area contributed by atoms with Gasteiger partial charge in [-0.25, -0.2) is 4.68 Å². The van der Waals surface area contributed by atoms with Crippen molar-refractivity contribution in [2.45, 2.75) is 6.92 Å². The molecular formula is C10H6Cl3N3O3. The van der Waals surface area contributed by atoms with E-state index in [1.807, 2.05) is 0 Å². The van der Waals surface area contributed by atoms with Gasteiger partial charge in [0.25, 0.3) is 0 Å². The summed E-state index contributed by atoms with van der Waals surface area (Å²) in [5.41, 5.74) is -1.05. The standard InChI is InChI=1S/C10H6Cl3N3O3/c1-4-8(16(18)19)10(17)14-15(4)9-6(12)2-5(11)3-7(9)13/h2-3H,1H3,(H,14,17). The van der Waals surface area contributed by atoms with E-state index in [-0.39, 0.29) is 21.4 Å². The molecule has 2 rings (SSSR count). The number of nitrogens with one attached hydrogen (secondary N) is 1. The highest BCUT2D eigenvalue weighted by atomic mass is 35.5. The number of halogens is 3. The van der Waals surface area contributed by atoms with Crippen LogP contribution in [0.15, 0.2) is 16.9 Å². The molecule has 1 aromatic carbocycles. The van der Waals surface area contributed by atoms with Crippen molar-refractivity contribution in [1.82, 2.24) is 9.78 Å². The van der Waals surface area contributed by atoms with Gasteiger partial charge in [-0.2, -0.15) is 0 Å². The first-order valence-corrected chi connectivity index (χ1v) is 6.07. The van der Waals surface area contributed by atoms with Gasteiger partial charge in [0.15, 0.2) is 0 Å². The lowest BCUT2D eigenvalue weighted by atomic mass is 10.3. The molecule has 0 aliphatic rings. The fraction of sp³-hybridized carbons (Fsp3) is 0.100. The van der Waals surface area contributed by atoms with E-state index >= 15 is 0 Å². The molecule has 0 unspecified atom stereocenters. The second-order valence-electron chi connectivity index (χ2n) is 3.69. The minimum absolute atomic E-state index is 0.0983. The van der Waals surface area contributed by atoms with Crippen molar-refractivity contribution >= 4 is 40.5 Å². The number of benzene rings is 1. The summed E-state index contributed by atoms with van der Waals surface area (Å²) in [6, 6.07) is 2.85. The molecule has 9 heteroatoms. The summed E-state index contributed by atoms with van der Waals surface area (Å²) < 4.78 is 1.17. The van der Waals surface area contributed by atoms with Crippen molar-refractivity contribution < 1.29 is 4.92 Å². The summed E-state index contributed by atoms with van der Waals surface area (Å²) in [6.45, 7) is 1.41. The van der Waals surface area contributed by atoms with Crippen molar-refractivity contribution in [3.63, 3.8) is 0 Å². The molecule has 0 aliphatic carbocycles. The SMILES string of the molecule is Cc1c([N+](=O)[O-])c(=O)[nH]n1-c1c(Cl)cc(Cl)cc1Cl. The maximum absolute atomic E-state index is 11.5. The summed E-state index contributed by atoms with van der Waals surface area (Å²) in [5, 5.41) is 13.8. The molecule has 19 heavy (non-hydrogen) atoms. The van der Waals surface area contributed by atoms with Crippen LogP contribution in [0.1, 0.15) is 5.69 Å². The Morgan fingerprint density at radius 1 is 1.26 bits per heavy atom. The van der Waals surface area contributed by atoms with Crippen molar-refractivity contribution in [2.24, 2.45) is 0 Å². The highest BCUT2D eigenvalue weighted by Gasteiger charge is 2.24. The monoisotopic (exact) mass is 321 g/mol. The Labute approximate surface area is 121 Å². The van der Waals surface area contributed by atoms with E-state index in [4.69, 9.17) is 34.8 Å². The van der Waals surface area contributed by atoms with E-state index in [2.05, 4.69) is 5.10 Å². The molecular weight excluding hydrogens is 316 g/mol. The molecule has 100 valence electrons. The van der Waals surface area contributed by atoms with Gasteiger partial charge >= 0.3 is 11.2 Å². The van der Waals surface area contributed by atoms with Crippen molar-refractivity contribution in [2.75, 3.05) is 0 Å². The summed E-state index contributed by atoms with van der Waals surface area (Å²) in [4.78, 5) is 21.6. The van der Waals surface area contributed by atoms with E-state index in [1.165, 1.54) is 23.7 Å². The van der Waals surface area contributed by atoms with Gasteiger partial charge in [0.1, 0.15) is 11.4 Å². The van der Waals surface area contributed by atoms with Crippen LogP contribution >= 0.6 is 34.8 Å². The first kappa shape index (κ1) is 13.9. The molecule has 0 radical (unpaired) electrons. The molecule has 1 N–H and O–H groups in total. The first-order valence-electron chi connectivity index (χ1n) is 4.94. The van der Waals surface area contributed by atoms with E-state index in [0.29, 0.717) is 5.02 Å². The molecule has 0 spiro atoms. The predicted molar refractivity (Wildman–Crippen MR) is 72.8 cm³/mol. The zero-order chi connectivity index (χ0) is 14.3. The summed E-state index contributed by atoms with van der Waals surface area (Å²) in [6.07, 6.45) is 0. The molecule has 0 aliphatic heterocycles. The topological polar surface area (TPSA) is 80.9 Å². The Kier molecular flexibility index (Phi) is 3.58. The fourth-order valence-electron chi connectivity index (χ4n) is 1.70. The number of aromatic nitrogens is 2. The van der Waals surface area contributed by atoms with Crippen LogP contribution in [-0.4, -0.2) is 14.7 Å². The molecule has 0 saturated carbocycles. The minimum atomic E-state index is -0.829. The van der Waals surface area contributed by atoms with Crippen molar-refractivity contribution in [3.05, 3.63) is 53.4 Å². The largest absolute Gasteiger partial charge is 0.356 e. The van der Waals surface area contributed by atoms with Crippen LogP contribution in [0.4, 0.5) is 5.69 Å². The predicted octanol–water partition coefficient (Wildman–Crippen LogP) is 3.34. The van der Waals surface area contributed by atoms with Gasteiger partial charge in [0.2, 0.25) is 0 Å². The van der Waals surface area contributed by atoms with Gasteiger partial charge in [-0.15, -0.1) is 0 Å². The number of H-pyrrole nitrogens is 1. The number of hydrogen-bond acceptors (Lipinski definition) is 3. The third kappa shape index (κ3) is 2.34. The van der Waals surface area contributed by atoms with E-state index < -0.39 is 16.2 Å². The Bertz CT molecular complexity index is 712. The highest BCUT2D eigenvalue weighted by molar-refractivity contribution is 6.40.